The molecule has 4 nitrogen and oxygen atoms in total. The van der Waals surface area contributed by atoms with E-state index in [4.69, 9.17) is 4.74 Å². The van der Waals surface area contributed by atoms with Crippen molar-refractivity contribution in [1.82, 2.24) is 9.97 Å². The van der Waals surface area contributed by atoms with Crippen LogP contribution in [0.25, 0.3) is 0 Å². The van der Waals surface area contributed by atoms with Crippen molar-refractivity contribution in [2.75, 3.05) is 0 Å². The molecule has 0 amide bonds. The summed E-state index contributed by atoms with van der Waals surface area (Å²) in [7, 11) is -1.56. The number of nitrogens with zero attached hydrogens (tertiary/aromatic N) is 2. The molecule has 0 unspecified atom stereocenters. The molecule has 1 aromatic heterocycles. The summed E-state index contributed by atoms with van der Waals surface area (Å²) in [6.07, 6.45) is 1.47. The van der Waals surface area contributed by atoms with Crippen LogP contribution in [0, 0.1) is 11.5 Å². The summed E-state index contributed by atoms with van der Waals surface area (Å²) in [5, 5.41) is 0. The summed E-state index contributed by atoms with van der Waals surface area (Å²) in [6, 6.07) is 0. The van der Waals surface area contributed by atoms with Crippen molar-refractivity contribution in [3.05, 3.63) is 22.2 Å². The van der Waals surface area contributed by atoms with Crippen LogP contribution < -0.4 is 0 Å². The van der Waals surface area contributed by atoms with Gasteiger partial charge in [0, 0.05) is 0 Å². The highest BCUT2D eigenvalue weighted by atomic mass is 79.9. The van der Waals surface area contributed by atoms with Crippen LogP contribution in [-0.2, 0) is 4.74 Å². The van der Waals surface area contributed by atoms with Gasteiger partial charge >= 0.3 is 5.97 Å². The second-order valence-corrected chi connectivity index (χ2v) is 12.0. The lowest BCUT2D eigenvalue weighted by Gasteiger charge is -2.19. The van der Waals surface area contributed by atoms with Gasteiger partial charge in [-0.25, -0.2) is 14.8 Å². The van der Waals surface area contributed by atoms with E-state index in [0.29, 0.717) is 10.3 Å². The van der Waals surface area contributed by atoms with E-state index in [-0.39, 0.29) is 5.69 Å². The summed E-state index contributed by atoms with van der Waals surface area (Å²) in [6.45, 7) is 11.8. The molecule has 0 aliphatic carbocycles. The first-order valence-electron chi connectivity index (χ1n) is 6.27. The first-order valence-corrected chi connectivity index (χ1v) is 10.6. The Balaban J connectivity index is 3.20. The Hall–Kier alpha value is -1.19. The molecule has 0 saturated heterocycles. The van der Waals surface area contributed by atoms with Gasteiger partial charge in [-0.1, -0.05) is 25.6 Å². The highest BCUT2D eigenvalue weighted by Gasteiger charge is 2.22. The summed E-state index contributed by atoms with van der Waals surface area (Å²) in [5.41, 5.74) is 3.13. The number of halogens is 1. The second kappa shape index (κ2) is 6.06. The van der Waals surface area contributed by atoms with Crippen LogP contribution in [-0.4, -0.2) is 29.6 Å². The molecule has 1 aromatic rings. The second-order valence-electron chi connectivity index (χ2n) is 6.39. The Morgan fingerprint density at radius 1 is 1.35 bits per heavy atom. The molecule has 108 valence electrons. The van der Waals surface area contributed by atoms with Gasteiger partial charge in [-0.2, -0.15) is 0 Å². The SMILES string of the molecule is CC(C)(C)OC(=O)c1ncc(Br)nc1C#C[Si](C)(C)C. The summed E-state index contributed by atoms with van der Waals surface area (Å²) >= 11 is 3.25. The van der Waals surface area contributed by atoms with E-state index in [1.165, 1.54) is 6.20 Å². The van der Waals surface area contributed by atoms with Crippen molar-refractivity contribution in [2.45, 2.75) is 46.0 Å². The van der Waals surface area contributed by atoms with Crippen molar-refractivity contribution >= 4 is 30.0 Å². The molecule has 0 radical (unpaired) electrons. The first-order chi connectivity index (χ1) is 8.98. The molecule has 0 saturated carbocycles. The van der Waals surface area contributed by atoms with E-state index in [1.54, 1.807) is 0 Å². The quantitative estimate of drug-likeness (QED) is 0.440. The Morgan fingerprint density at radius 2 is 1.95 bits per heavy atom. The predicted molar refractivity (Wildman–Crippen MR) is 85.1 cm³/mol. The van der Waals surface area contributed by atoms with E-state index in [2.05, 4.69) is 57.0 Å². The van der Waals surface area contributed by atoms with Crippen LogP contribution in [0.15, 0.2) is 10.8 Å². The van der Waals surface area contributed by atoms with Crippen molar-refractivity contribution in [3.8, 4) is 11.5 Å². The fourth-order valence-corrected chi connectivity index (χ4v) is 1.95. The molecule has 1 rings (SSSR count). The number of hydrogen-bond donors (Lipinski definition) is 0. The van der Waals surface area contributed by atoms with E-state index in [1.807, 2.05) is 20.8 Å². The van der Waals surface area contributed by atoms with Gasteiger partial charge in [-0.05, 0) is 36.7 Å². The minimum atomic E-state index is -1.56. The number of aromatic nitrogens is 2. The third-order valence-corrected chi connectivity index (χ3v) is 3.15. The van der Waals surface area contributed by atoms with E-state index < -0.39 is 19.6 Å². The summed E-state index contributed by atoms with van der Waals surface area (Å²) in [5.74, 6) is 2.47. The maximum absolute atomic E-state index is 12.1. The van der Waals surface area contributed by atoms with Gasteiger partial charge in [0.25, 0.3) is 0 Å². The molecule has 0 N–H and O–H groups in total. The zero-order valence-corrected chi connectivity index (χ0v) is 15.3. The van der Waals surface area contributed by atoms with Crippen LogP contribution in [0.4, 0.5) is 0 Å². The molecule has 0 atom stereocenters. The first kappa shape index (κ1) is 16.9. The molecule has 0 bridgehead atoms. The predicted octanol–water partition coefficient (Wildman–Crippen LogP) is 3.42. The minimum absolute atomic E-state index is 0.161. The van der Waals surface area contributed by atoms with Crippen molar-refractivity contribution < 1.29 is 9.53 Å². The van der Waals surface area contributed by atoms with Crippen LogP contribution in [0.2, 0.25) is 19.6 Å². The van der Waals surface area contributed by atoms with Gasteiger partial charge in [0.2, 0.25) is 0 Å². The van der Waals surface area contributed by atoms with E-state index in [9.17, 15) is 4.79 Å². The number of hydrogen-bond acceptors (Lipinski definition) is 4. The molecule has 0 fully saturated rings. The largest absolute Gasteiger partial charge is 0.455 e. The fourth-order valence-electron chi connectivity index (χ4n) is 1.18. The van der Waals surface area contributed by atoms with E-state index in [0.717, 1.165) is 0 Å². The number of carbonyl (C=O) groups excluding carboxylic acids is 1. The molecule has 0 aliphatic rings. The molecule has 20 heavy (non-hydrogen) atoms. The number of rotatable bonds is 1. The van der Waals surface area contributed by atoms with Crippen molar-refractivity contribution in [2.24, 2.45) is 0 Å². The average Bonchev–Trinajstić information content (AvgIpc) is 2.22. The third-order valence-electron chi connectivity index (χ3n) is 1.89. The van der Waals surface area contributed by atoms with Gasteiger partial charge in [-0.3, -0.25) is 0 Å². The normalized spacial score (nSPS) is 11.6. The Bertz CT molecular complexity index is 578. The topological polar surface area (TPSA) is 52.1 Å². The highest BCUT2D eigenvalue weighted by Crippen LogP contribution is 2.14. The number of esters is 1. The smallest absolute Gasteiger partial charge is 0.360 e. The molecule has 0 aromatic carbocycles. The number of carbonyl (C=O) groups is 1. The maximum atomic E-state index is 12.1. The lowest BCUT2D eigenvalue weighted by molar-refractivity contribution is 0.00619. The lowest BCUT2D eigenvalue weighted by atomic mass is 10.2. The third kappa shape index (κ3) is 5.84. The molecular weight excluding hydrogens is 336 g/mol. The van der Waals surface area contributed by atoms with Crippen LogP contribution in [0.3, 0.4) is 0 Å². The van der Waals surface area contributed by atoms with E-state index >= 15 is 0 Å². The maximum Gasteiger partial charge on any atom is 0.360 e. The molecule has 0 spiro atoms. The Kier molecular flexibility index (Phi) is 5.11. The molecule has 1 heterocycles. The lowest BCUT2D eigenvalue weighted by Crippen LogP contribution is -2.25. The fraction of sp³-hybridized carbons (Fsp3) is 0.500. The average molecular weight is 355 g/mol. The highest BCUT2D eigenvalue weighted by molar-refractivity contribution is 9.10. The van der Waals surface area contributed by atoms with Crippen molar-refractivity contribution in [1.29, 1.82) is 0 Å². The summed E-state index contributed by atoms with van der Waals surface area (Å²) in [4.78, 5) is 20.4. The Labute approximate surface area is 129 Å². The summed E-state index contributed by atoms with van der Waals surface area (Å²) < 4.78 is 5.87. The zero-order valence-electron chi connectivity index (χ0n) is 12.7. The molecule has 0 aliphatic heterocycles. The van der Waals surface area contributed by atoms with Gasteiger partial charge in [0.1, 0.15) is 24.0 Å². The van der Waals surface area contributed by atoms with Gasteiger partial charge < -0.3 is 4.74 Å². The van der Waals surface area contributed by atoms with Gasteiger partial charge in [0.15, 0.2) is 5.69 Å². The Morgan fingerprint density at radius 3 is 2.45 bits per heavy atom. The molecule has 6 heteroatoms. The standard InChI is InChI=1S/C14H19BrN2O2Si/c1-14(2,3)19-13(18)12-10(7-8-20(4,5)6)17-11(15)9-16-12/h9H,1-6H3. The van der Waals surface area contributed by atoms with Gasteiger partial charge in [0.05, 0.1) is 6.20 Å². The van der Waals surface area contributed by atoms with Gasteiger partial charge in [-0.15, -0.1) is 5.54 Å². The van der Waals surface area contributed by atoms with Crippen LogP contribution in [0.5, 0.6) is 0 Å². The molecular formula is C14H19BrN2O2Si. The zero-order chi connectivity index (χ0) is 15.6. The number of ether oxygens (including phenoxy) is 1. The monoisotopic (exact) mass is 354 g/mol. The van der Waals surface area contributed by atoms with Crippen LogP contribution >= 0.6 is 15.9 Å². The van der Waals surface area contributed by atoms with Crippen molar-refractivity contribution in [3.63, 3.8) is 0 Å². The van der Waals surface area contributed by atoms with Crippen LogP contribution in [0.1, 0.15) is 37.0 Å². The minimum Gasteiger partial charge on any atom is -0.455 e.